The van der Waals surface area contributed by atoms with Gasteiger partial charge in [-0.15, -0.1) is 0 Å². The monoisotopic (exact) mass is 364 g/mol. The molecule has 1 amide bonds. The number of alkyl carbamates (subject to hydrolysis) is 1. The van der Waals surface area contributed by atoms with Gasteiger partial charge in [0, 0.05) is 30.9 Å². The molecule has 2 rings (SSSR count). The Balaban J connectivity index is 1.91. The highest BCUT2D eigenvalue weighted by atomic mass is 16.6. The van der Waals surface area contributed by atoms with Gasteiger partial charge in [-0.05, 0) is 52.5 Å². The van der Waals surface area contributed by atoms with Crippen LogP contribution in [0.2, 0.25) is 0 Å². The second-order valence-corrected chi connectivity index (χ2v) is 7.84. The first kappa shape index (κ1) is 20.5. The number of piperidine rings is 1. The summed E-state index contributed by atoms with van der Waals surface area (Å²) in [6.45, 7) is 7.56. The number of hydrogen-bond acceptors (Lipinski definition) is 5. The van der Waals surface area contributed by atoms with Crippen LogP contribution in [0.4, 0.5) is 10.5 Å². The lowest BCUT2D eigenvalue weighted by Crippen LogP contribution is -2.35. The van der Waals surface area contributed by atoms with Gasteiger partial charge in [-0.3, -0.25) is 0 Å². The van der Waals surface area contributed by atoms with Gasteiger partial charge < -0.3 is 25.2 Å². The van der Waals surface area contributed by atoms with Gasteiger partial charge in [0.15, 0.2) is 0 Å². The Kier molecular flexibility index (Phi) is 7.29. The molecule has 1 aliphatic heterocycles. The Morgan fingerprint density at radius 1 is 1.19 bits per heavy atom. The third kappa shape index (κ3) is 6.18. The number of benzene rings is 1. The molecule has 1 aromatic carbocycles. The average molecular weight is 364 g/mol. The number of carbonyl (C=O) groups is 1. The molecule has 1 aromatic rings. The third-order valence-corrected chi connectivity index (χ3v) is 4.42. The standard InChI is InChI=1S/C20H32N2O4/c1-20(2,3)26-19(25)21-12-11-17(23)18(24)15-9-5-6-10-16(15)22-13-7-4-8-14-22/h5-6,9-10,17-18,23-24H,4,7-8,11-14H2,1-3H3,(H,21,25). The first-order chi connectivity index (χ1) is 12.3. The Bertz CT molecular complexity index is 579. The van der Waals surface area contributed by atoms with Crippen molar-refractivity contribution in [3.05, 3.63) is 29.8 Å². The molecule has 26 heavy (non-hydrogen) atoms. The molecule has 3 N–H and O–H groups in total. The summed E-state index contributed by atoms with van der Waals surface area (Å²) >= 11 is 0. The van der Waals surface area contributed by atoms with Crippen molar-refractivity contribution >= 4 is 11.8 Å². The van der Waals surface area contributed by atoms with Gasteiger partial charge in [-0.25, -0.2) is 4.79 Å². The summed E-state index contributed by atoms with van der Waals surface area (Å²) in [5.41, 5.74) is 1.16. The van der Waals surface area contributed by atoms with Crippen molar-refractivity contribution in [2.45, 2.75) is 64.3 Å². The van der Waals surface area contributed by atoms with Crippen molar-refractivity contribution in [2.24, 2.45) is 0 Å². The predicted molar refractivity (Wildman–Crippen MR) is 102 cm³/mol. The van der Waals surface area contributed by atoms with Gasteiger partial charge in [0.1, 0.15) is 11.7 Å². The van der Waals surface area contributed by atoms with Crippen LogP contribution in [0.3, 0.4) is 0 Å². The minimum atomic E-state index is -0.992. The molecule has 1 saturated heterocycles. The maximum atomic E-state index is 11.7. The Morgan fingerprint density at radius 2 is 1.85 bits per heavy atom. The van der Waals surface area contributed by atoms with E-state index in [1.807, 2.05) is 24.3 Å². The Morgan fingerprint density at radius 3 is 2.50 bits per heavy atom. The van der Waals surface area contributed by atoms with Crippen molar-refractivity contribution < 1.29 is 19.7 Å². The van der Waals surface area contributed by atoms with E-state index in [2.05, 4.69) is 10.2 Å². The summed E-state index contributed by atoms with van der Waals surface area (Å²) in [4.78, 5) is 13.9. The number of ether oxygens (including phenoxy) is 1. The number of nitrogens with one attached hydrogen (secondary N) is 1. The van der Waals surface area contributed by atoms with Crippen molar-refractivity contribution in [3.8, 4) is 0 Å². The van der Waals surface area contributed by atoms with Crippen molar-refractivity contribution in [1.29, 1.82) is 0 Å². The van der Waals surface area contributed by atoms with Crippen molar-refractivity contribution in [1.82, 2.24) is 5.32 Å². The largest absolute Gasteiger partial charge is 0.444 e. The maximum absolute atomic E-state index is 11.7. The smallest absolute Gasteiger partial charge is 0.407 e. The molecule has 2 atom stereocenters. The molecule has 1 fully saturated rings. The molecule has 146 valence electrons. The normalized spacial score (nSPS) is 17.5. The van der Waals surface area contributed by atoms with Crippen molar-refractivity contribution in [2.75, 3.05) is 24.5 Å². The fraction of sp³-hybridized carbons (Fsp3) is 0.650. The van der Waals surface area contributed by atoms with Gasteiger partial charge in [0.2, 0.25) is 0 Å². The van der Waals surface area contributed by atoms with Crippen LogP contribution in [0.5, 0.6) is 0 Å². The summed E-state index contributed by atoms with van der Waals surface area (Å²) in [5, 5.41) is 23.6. The predicted octanol–water partition coefficient (Wildman–Crippen LogP) is 2.99. The van der Waals surface area contributed by atoms with Gasteiger partial charge in [-0.1, -0.05) is 18.2 Å². The number of anilines is 1. The number of aliphatic hydroxyl groups excluding tert-OH is 2. The molecule has 1 aliphatic rings. The van der Waals surface area contributed by atoms with E-state index in [0.717, 1.165) is 37.2 Å². The molecule has 0 saturated carbocycles. The second-order valence-electron chi connectivity index (χ2n) is 7.84. The summed E-state index contributed by atoms with van der Waals surface area (Å²) < 4.78 is 5.16. The van der Waals surface area contributed by atoms with E-state index in [9.17, 15) is 15.0 Å². The number of hydrogen-bond donors (Lipinski definition) is 3. The quantitative estimate of drug-likeness (QED) is 0.723. The van der Waals surface area contributed by atoms with Crippen LogP contribution < -0.4 is 10.2 Å². The zero-order valence-electron chi connectivity index (χ0n) is 16.1. The van der Waals surface area contributed by atoms with E-state index in [4.69, 9.17) is 4.74 Å². The fourth-order valence-electron chi connectivity index (χ4n) is 3.16. The minimum absolute atomic E-state index is 0.235. The zero-order chi connectivity index (χ0) is 19.2. The van der Waals surface area contributed by atoms with Crippen LogP contribution in [0.1, 0.15) is 58.1 Å². The van der Waals surface area contributed by atoms with Gasteiger partial charge >= 0.3 is 6.09 Å². The summed E-state index contributed by atoms with van der Waals surface area (Å²) in [5.74, 6) is 0. The first-order valence-electron chi connectivity index (χ1n) is 9.45. The van der Waals surface area contributed by atoms with Gasteiger partial charge in [0.25, 0.3) is 0 Å². The molecule has 2 unspecified atom stereocenters. The van der Waals surface area contributed by atoms with E-state index in [0.29, 0.717) is 0 Å². The number of aliphatic hydroxyl groups is 2. The lowest BCUT2D eigenvalue weighted by atomic mass is 9.98. The van der Waals surface area contributed by atoms with Crippen LogP contribution >= 0.6 is 0 Å². The van der Waals surface area contributed by atoms with Crippen LogP contribution in [0, 0.1) is 0 Å². The number of amides is 1. The second kappa shape index (κ2) is 9.24. The molecule has 0 spiro atoms. The molecule has 0 radical (unpaired) electrons. The van der Waals surface area contributed by atoms with E-state index in [1.54, 1.807) is 20.8 Å². The summed E-state index contributed by atoms with van der Waals surface area (Å²) in [6, 6.07) is 7.68. The highest BCUT2D eigenvalue weighted by molar-refractivity contribution is 5.67. The van der Waals surface area contributed by atoms with E-state index in [-0.39, 0.29) is 13.0 Å². The van der Waals surface area contributed by atoms with E-state index >= 15 is 0 Å². The lowest BCUT2D eigenvalue weighted by molar-refractivity contribution is 0.0125. The van der Waals surface area contributed by atoms with Crippen LogP contribution in [-0.2, 0) is 4.74 Å². The van der Waals surface area contributed by atoms with Crippen LogP contribution in [-0.4, -0.2) is 47.6 Å². The molecule has 0 aliphatic carbocycles. The number of rotatable bonds is 6. The summed E-state index contributed by atoms with van der Waals surface area (Å²) in [7, 11) is 0. The zero-order valence-corrected chi connectivity index (χ0v) is 16.1. The van der Waals surface area contributed by atoms with Crippen molar-refractivity contribution in [3.63, 3.8) is 0 Å². The Labute approximate surface area is 156 Å². The van der Waals surface area contributed by atoms with Gasteiger partial charge in [0.05, 0.1) is 6.10 Å². The van der Waals surface area contributed by atoms with E-state index in [1.165, 1.54) is 6.42 Å². The minimum Gasteiger partial charge on any atom is -0.444 e. The lowest BCUT2D eigenvalue weighted by Gasteiger charge is -2.32. The molecular weight excluding hydrogens is 332 g/mol. The first-order valence-corrected chi connectivity index (χ1v) is 9.45. The van der Waals surface area contributed by atoms with Crippen LogP contribution in [0.15, 0.2) is 24.3 Å². The highest BCUT2D eigenvalue weighted by Gasteiger charge is 2.24. The third-order valence-electron chi connectivity index (χ3n) is 4.42. The SMILES string of the molecule is CC(C)(C)OC(=O)NCCC(O)C(O)c1ccccc1N1CCCCC1. The summed E-state index contributed by atoms with van der Waals surface area (Å²) in [6.07, 6.45) is 1.30. The topological polar surface area (TPSA) is 82.0 Å². The molecule has 6 nitrogen and oxygen atoms in total. The maximum Gasteiger partial charge on any atom is 0.407 e. The Hall–Kier alpha value is -1.79. The molecular formula is C20H32N2O4. The number of para-hydroxylation sites is 1. The molecule has 1 heterocycles. The highest BCUT2D eigenvalue weighted by Crippen LogP contribution is 2.31. The number of carbonyl (C=O) groups excluding carboxylic acids is 1. The van der Waals surface area contributed by atoms with E-state index < -0.39 is 23.9 Å². The molecule has 0 bridgehead atoms. The van der Waals surface area contributed by atoms with Gasteiger partial charge in [-0.2, -0.15) is 0 Å². The number of nitrogens with zero attached hydrogens (tertiary/aromatic N) is 1. The molecule has 0 aromatic heterocycles. The fourth-order valence-corrected chi connectivity index (χ4v) is 3.16. The average Bonchev–Trinajstić information content (AvgIpc) is 2.60. The van der Waals surface area contributed by atoms with Crippen LogP contribution in [0.25, 0.3) is 0 Å². The molecule has 6 heteroatoms.